The number of aromatic nitrogens is 2. The summed E-state index contributed by atoms with van der Waals surface area (Å²) in [4.78, 5) is 37.4. The molecule has 0 saturated carbocycles. The average molecular weight is 456 g/mol. The van der Waals surface area contributed by atoms with Gasteiger partial charge in [-0.2, -0.15) is 9.78 Å². The van der Waals surface area contributed by atoms with Crippen molar-refractivity contribution in [3.8, 4) is 11.4 Å². The van der Waals surface area contributed by atoms with Crippen molar-refractivity contribution in [2.24, 2.45) is 0 Å². The summed E-state index contributed by atoms with van der Waals surface area (Å²) in [6, 6.07) is 13.3. The molecule has 3 rings (SSSR count). The number of ether oxygens (including phenoxy) is 2. The topological polar surface area (TPSA) is 99.5 Å². The van der Waals surface area contributed by atoms with Gasteiger partial charge in [-0.25, -0.2) is 4.79 Å². The van der Waals surface area contributed by atoms with E-state index in [-0.39, 0.29) is 18.1 Å². The van der Waals surface area contributed by atoms with Gasteiger partial charge in [-0.1, -0.05) is 35.9 Å². The minimum Gasteiger partial charge on any atom is -0.481 e. The van der Waals surface area contributed by atoms with Gasteiger partial charge in [0.2, 0.25) is 5.69 Å². The van der Waals surface area contributed by atoms with Crippen LogP contribution in [-0.4, -0.2) is 34.9 Å². The molecule has 0 spiro atoms. The molecule has 0 aliphatic carbocycles. The molecule has 1 N–H and O–H groups in total. The number of rotatable bonds is 7. The Hall–Kier alpha value is -3.65. The fourth-order valence-corrected chi connectivity index (χ4v) is 3.06. The predicted molar refractivity (Wildman–Crippen MR) is 121 cm³/mol. The molecule has 1 aromatic heterocycles. The summed E-state index contributed by atoms with van der Waals surface area (Å²) in [7, 11) is 0. The van der Waals surface area contributed by atoms with E-state index in [4.69, 9.17) is 21.1 Å². The molecule has 2 aromatic carbocycles. The number of para-hydroxylation sites is 1. The molecule has 1 amide bonds. The number of carbonyl (C=O) groups is 2. The van der Waals surface area contributed by atoms with E-state index >= 15 is 0 Å². The molecule has 166 valence electrons. The van der Waals surface area contributed by atoms with Gasteiger partial charge in [0.05, 0.1) is 18.4 Å². The molecular weight excluding hydrogens is 434 g/mol. The Kier molecular flexibility index (Phi) is 7.27. The summed E-state index contributed by atoms with van der Waals surface area (Å²) in [5.41, 5.74) is 1.95. The highest BCUT2D eigenvalue weighted by molar-refractivity contribution is 6.31. The number of nitrogens with one attached hydrogen (secondary N) is 1. The Morgan fingerprint density at radius 2 is 1.84 bits per heavy atom. The SMILES string of the molecule is CCOC(=O)c1nn(-c2ccccc2C)c(=O)cc1OCC(=O)Nc1ccc(C)c(Cl)c1. The molecule has 0 aliphatic heterocycles. The predicted octanol–water partition coefficient (Wildman–Crippen LogP) is 3.70. The van der Waals surface area contributed by atoms with Gasteiger partial charge in [0.1, 0.15) is 0 Å². The average Bonchev–Trinajstić information content (AvgIpc) is 2.75. The lowest BCUT2D eigenvalue weighted by Gasteiger charge is -2.13. The lowest BCUT2D eigenvalue weighted by molar-refractivity contribution is -0.118. The van der Waals surface area contributed by atoms with Crippen molar-refractivity contribution in [1.82, 2.24) is 9.78 Å². The summed E-state index contributed by atoms with van der Waals surface area (Å²) in [5.74, 6) is -1.41. The number of amides is 1. The van der Waals surface area contributed by atoms with Crippen molar-refractivity contribution in [3.05, 3.63) is 80.7 Å². The Balaban J connectivity index is 1.86. The van der Waals surface area contributed by atoms with Gasteiger partial charge in [0.15, 0.2) is 12.4 Å². The summed E-state index contributed by atoms with van der Waals surface area (Å²) < 4.78 is 11.6. The van der Waals surface area contributed by atoms with E-state index in [0.29, 0.717) is 16.4 Å². The van der Waals surface area contributed by atoms with E-state index in [9.17, 15) is 14.4 Å². The zero-order valence-corrected chi connectivity index (χ0v) is 18.6. The standard InChI is InChI=1S/C23H22ClN3O5/c1-4-31-23(30)22-19(12-21(29)27(26-22)18-8-6-5-7-15(18)3)32-13-20(28)25-16-10-9-14(2)17(24)11-16/h5-12H,4,13H2,1-3H3,(H,25,28). The van der Waals surface area contributed by atoms with Crippen LogP contribution in [0.2, 0.25) is 5.02 Å². The van der Waals surface area contributed by atoms with E-state index in [2.05, 4.69) is 10.4 Å². The maximum absolute atomic E-state index is 12.7. The lowest BCUT2D eigenvalue weighted by Crippen LogP contribution is -2.27. The minimum absolute atomic E-state index is 0.109. The zero-order chi connectivity index (χ0) is 23.3. The molecular formula is C23H22ClN3O5. The van der Waals surface area contributed by atoms with Crippen LogP contribution in [-0.2, 0) is 9.53 Å². The second-order valence-corrected chi connectivity index (χ2v) is 7.32. The summed E-state index contributed by atoms with van der Waals surface area (Å²) in [6.45, 7) is 4.97. The van der Waals surface area contributed by atoms with Gasteiger partial charge >= 0.3 is 5.97 Å². The maximum Gasteiger partial charge on any atom is 0.362 e. The highest BCUT2D eigenvalue weighted by atomic mass is 35.5. The van der Waals surface area contributed by atoms with Crippen LogP contribution in [0.15, 0.2) is 53.3 Å². The van der Waals surface area contributed by atoms with Crippen molar-refractivity contribution in [2.45, 2.75) is 20.8 Å². The van der Waals surface area contributed by atoms with E-state index in [1.807, 2.05) is 26.0 Å². The first-order chi connectivity index (χ1) is 15.3. The molecule has 1 heterocycles. The molecule has 0 fully saturated rings. The highest BCUT2D eigenvalue weighted by Gasteiger charge is 2.21. The molecule has 0 saturated heterocycles. The molecule has 0 unspecified atom stereocenters. The van der Waals surface area contributed by atoms with Gasteiger partial charge in [-0.15, -0.1) is 0 Å². The zero-order valence-electron chi connectivity index (χ0n) is 17.8. The molecule has 3 aromatic rings. The van der Waals surface area contributed by atoms with Crippen LogP contribution in [0.25, 0.3) is 5.69 Å². The molecule has 0 radical (unpaired) electrons. The van der Waals surface area contributed by atoms with Crippen molar-refractivity contribution in [1.29, 1.82) is 0 Å². The quantitative estimate of drug-likeness (QED) is 0.545. The summed E-state index contributed by atoms with van der Waals surface area (Å²) in [5, 5.41) is 7.32. The minimum atomic E-state index is -0.768. The van der Waals surface area contributed by atoms with E-state index in [1.54, 1.807) is 37.3 Å². The first-order valence-electron chi connectivity index (χ1n) is 9.86. The van der Waals surface area contributed by atoms with Crippen LogP contribution in [0.5, 0.6) is 5.75 Å². The summed E-state index contributed by atoms with van der Waals surface area (Å²) >= 11 is 6.07. The van der Waals surface area contributed by atoms with Crippen molar-refractivity contribution < 1.29 is 19.1 Å². The van der Waals surface area contributed by atoms with Crippen LogP contribution >= 0.6 is 11.6 Å². The van der Waals surface area contributed by atoms with E-state index < -0.39 is 24.0 Å². The second kappa shape index (κ2) is 10.1. The monoisotopic (exact) mass is 455 g/mol. The number of anilines is 1. The van der Waals surface area contributed by atoms with E-state index in [1.165, 1.54) is 0 Å². The van der Waals surface area contributed by atoms with Gasteiger partial charge in [0, 0.05) is 10.7 Å². The third-order valence-electron chi connectivity index (χ3n) is 4.52. The number of carbonyl (C=O) groups excluding carboxylic acids is 2. The van der Waals surface area contributed by atoms with E-state index in [0.717, 1.165) is 21.9 Å². The van der Waals surface area contributed by atoms with Gasteiger partial charge in [0.25, 0.3) is 11.5 Å². The van der Waals surface area contributed by atoms with Crippen LogP contribution < -0.4 is 15.6 Å². The molecule has 9 heteroatoms. The first kappa shape index (κ1) is 23.0. The number of benzene rings is 2. The van der Waals surface area contributed by atoms with Crippen molar-refractivity contribution in [3.63, 3.8) is 0 Å². The van der Waals surface area contributed by atoms with Gasteiger partial charge < -0.3 is 14.8 Å². The normalized spacial score (nSPS) is 10.5. The highest BCUT2D eigenvalue weighted by Crippen LogP contribution is 2.21. The molecule has 0 bridgehead atoms. The smallest absolute Gasteiger partial charge is 0.362 e. The fourth-order valence-electron chi connectivity index (χ4n) is 2.88. The first-order valence-corrected chi connectivity index (χ1v) is 10.2. The Labute approximate surface area is 189 Å². The number of hydrogen-bond acceptors (Lipinski definition) is 6. The van der Waals surface area contributed by atoms with Crippen molar-refractivity contribution in [2.75, 3.05) is 18.5 Å². The summed E-state index contributed by atoms with van der Waals surface area (Å²) in [6.07, 6.45) is 0. The van der Waals surface area contributed by atoms with Gasteiger partial charge in [-0.3, -0.25) is 9.59 Å². The maximum atomic E-state index is 12.7. The van der Waals surface area contributed by atoms with Gasteiger partial charge in [-0.05, 0) is 50.1 Å². The third-order valence-corrected chi connectivity index (χ3v) is 4.93. The lowest BCUT2D eigenvalue weighted by atomic mass is 10.2. The number of esters is 1. The molecule has 8 nitrogen and oxygen atoms in total. The number of hydrogen-bond donors (Lipinski definition) is 1. The van der Waals surface area contributed by atoms with Crippen LogP contribution in [0.1, 0.15) is 28.5 Å². The Morgan fingerprint density at radius 1 is 1.09 bits per heavy atom. The molecule has 0 aliphatic rings. The van der Waals surface area contributed by atoms with Crippen LogP contribution in [0, 0.1) is 13.8 Å². The number of halogens is 1. The second-order valence-electron chi connectivity index (χ2n) is 6.92. The molecule has 32 heavy (non-hydrogen) atoms. The fraction of sp³-hybridized carbons (Fsp3) is 0.217. The largest absolute Gasteiger partial charge is 0.481 e. The number of aryl methyl sites for hydroxylation is 2. The third kappa shape index (κ3) is 5.33. The Morgan fingerprint density at radius 3 is 2.53 bits per heavy atom. The molecule has 0 atom stereocenters. The van der Waals surface area contributed by atoms with Crippen LogP contribution in [0.3, 0.4) is 0 Å². The number of nitrogens with zero attached hydrogens (tertiary/aromatic N) is 2. The Bertz CT molecular complexity index is 1220. The van der Waals surface area contributed by atoms with Crippen molar-refractivity contribution >= 4 is 29.2 Å². The van der Waals surface area contributed by atoms with Crippen LogP contribution in [0.4, 0.5) is 5.69 Å².